The van der Waals surface area contributed by atoms with Crippen molar-refractivity contribution in [2.45, 2.75) is 33.6 Å². The van der Waals surface area contributed by atoms with Crippen molar-refractivity contribution in [2.75, 3.05) is 26.4 Å². The van der Waals surface area contributed by atoms with Gasteiger partial charge in [0.15, 0.2) is 0 Å². The largest absolute Gasteiger partial charge is 0.491 e. The number of aryl methyl sites for hydroxylation is 1. The van der Waals surface area contributed by atoms with Crippen molar-refractivity contribution < 1.29 is 28.9 Å². The van der Waals surface area contributed by atoms with Gasteiger partial charge in [0, 0.05) is 24.0 Å². The molecule has 0 aromatic heterocycles. The zero-order valence-electron chi connectivity index (χ0n) is 25.1. The van der Waals surface area contributed by atoms with Crippen LogP contribution >= 0.6 is 0 Å². The Morgan fingerprint density at radius 2 is 1.12 bits per heavy atom. The van der Waals surface area contributed by atoms with Crippen LogP contribution in [0.4, 0.5) is 0 Å². The van der Waals surface area contributed by atoms with Crippen molar-refractivity contribution in [1.82, 2.24) is 0 Å². The molecule has 4 aromatic rings. The quantitative estimate of drug-likeness (QED) is 0.134. The van der Waals surface area contributed by atoms with Gasteiger partial charge in [-0.25, -0.2) is 9.59 Å². The van der Waals surface area contributed by atoms with Crippen LogP contribution in [0.15, 0.2) is 97.1 Å². The molecule has 0 unspecified atom stereocenters. The third-order valence-corrected chi connectivity index (χ3v) is 7.04. The van der Waals surface area contributed by atoms with E-state index in [0.29, 0.717) is 29.7 Å². The number of benzene rings is 4. The molecule has 0 saturated heterocycles. The van der Waals surface area contributed by atoms with E-state index in [1.807, 2.05) is 12.1 Å². The minimum atomic E-state index is -0.458. The Kier molecular flexibility index (Phi) is 10.5. The Morgan fingerprint density at radius 1 is 0.651 bits per heavy atom. The second-order valence-electron chi connectivity index (χ2n) is 10.7. The molecule has 0 fully saturated rings. The number of carbonyl (C=O) groups is 2. The molecule has 0 saturated carbocycles. The third kappa shape index (κ3) is 8.21. The maximum Gasteiger partial charge on any atom is 0.333 e. The van der Waals surface area contributed by atoms with Crippen LogP contribution in [0, 0.1) is 6.92 Å². The molecular formula is C37H38O6. The summed E-state index contributed by atoms with van der Waals surface area (Å²) in [4.78, 5) is 24.0. The fraction of sp³-hybridized carbons (Fsp3) is 0.243. The molecule has 43 heavy (non-hydrogen) atoms. The molecule has 6 nitrogen and oxygen atoms in total. The number of rotatable bonds is 13. The van der Waals surface area contributed by atoms with Crippen LogP contribution in [0.2, 0.25) is 0 Å². The predicted octanol–water partition coefficient (Wildman–Crippen LogP) is 7.18. The molecular weight excluding hydrogens is 540 g/mol. The first-order chi connectivity index (χ1) is 20.7. The van der Waals surface area contributed by atoms with Crippen LogP contribution < -0.4 is 4.74 Å². The van der Waals surface area contributed by atoms with E-state index in [0.717, 1.165) is 38.6 Å². The second kappa shape index (κ2) is 14.5. The summed E-state index contributed by atoms with van der Waals surface area (Å²) >= 11 is 0. The molecule has 1 N–H and O–H groups in total. The lowest BCUT2D eigenvalue weighted by Gasteiger charge is -2.19. The van der Waals surface area contributed by atoms with Crippen LogP contribution in [0.25, 0.3) is 33.0 Å². The van der Waals surface area contributed by atoms with E-state index in [1.165, 1.54) is 11.1 Å². The van der Waals surface area contributed by atoms with Gasteiger partial charge in [0.2, 0.25) is 0 Å². The van der Waals surface area contributed by atoms with E-state index in [4.69, 9.17) is 14.2 Å². The zero-order chi connectivity index (χ0) is 30.9. The fourth-order valence-electron chi connectivity index (χ4n) is 4.73. The Morgan fingerprint density at radius 3 is 1.58 bits per heavy atom. The summed E-state index contributed by atoms with van der Waals surface area (Å²) in [5, 5.41) is 11.7. The molecule has 0 aliphatic heterocycles. The van der Waals surface area contributed by atoms with Gasteiger partial charge in [0.1, 0.15) is 12.4 Å². The number of aliphatic hydroxyl groups is 1. The van der Waals surface area contributed by atoms with Crippen LogP contribution in [-0.2, 0) is 31.9 Å². The van der Waals surface area contributed by atoms with E-state index in [-0.39, 0.29) is 26.4 Å². The van der Waals surface area contributed by atoms with Gasteiger partial charge in [-0.05, 0) is 89.2 Å². The van der Waals surface area contributed by atoms with Gasteiger partial charge in [-0.15, -0.1) is 0 Å². The number of carbonyl (C=O) groups excluding carboxylic acids is 2. The van der Waals surface area contributed by atoms with Gasteiger partial charge in [-0.1, -0.05) is 67.3 Å². The summed E-state index contributed by atoms with van der Waals surface area (Å²) < 4.78 is 16.7. The molecule has 4 aromatic carbocycles. The summed E-state index contributed by atoms with van der Waals surface area (Å²) in [5.74, 6) is -0.333. The highest BCUT2D eigenvalue weighted by atomic mass is 16.5. The molecule has 0 spiro atoms. The van der Waals surface area contributed by atoms with Gasteiger partial charge in [0.25, 0.3) is 0 Å². The predicted molar refractivity (Wildman–Crippen MR) is 171 cm³/mol. The topological polar surface area (TPSA) is 82.1 Å². The van der Waals surface area contributed by atoms with E-state index < -0.39 is 11.9 Å². The fourth-order valence-corrected chi connectivity index (χ4v) is 4.73. The van der Waals surface area contributed by atoms with Crippen LogP contribution in [-0.4, -0.2) is 43.5 Å². The highest BCUT2D eigenvalue weighted by molar-refractivity contribution is 5.91. The second-order valence-corrected chi connectivity index (χ2v) is 10.7. The number of hydrogen-bond acceptors (Lipinski definition) is 6. The molecule has 0 heterocycles. The van der Waals surface area contributed by atoms with Crippen molar-refractivity contribution in [3.05, 3.63) is 114 Å². The number of fused-ring (bicyclic) bond motifs is 1. The molecule has 0 aliphatic carbocycles. The molecule has 6 heteroatoms. The van der Waals surface area contributed by atoms with E-state index in [9.17, 15) is 14.7 Å². The first-order valence-corrected chi connectivity index (χ1v) is 14.3. The SMILES string of the molecule is C=C(C)C(=O)OCCc1cc(-c2ccc3cc(-c4ccc(C)cc4)ccc3c2)cc(CCOC(=O)C(=C)C)c1OCCO. The number of hydrogen-bond donors (Lipinski definition) is 1. The Balaban J connectivity index is 1.71. The lowest BCUT2D eigenvalue weighted by Crippen LogP contribution is -2.13. The summed E-state index contributed by atoms with van der Waals surface area (Å²) in [7, 11) is 0. The molecule has 222 valence electrons. The normalized spacial score (nSPS) is 10.8. The number of aliphatic hydroxyl groups excluding tert-OH is 1. The lowest BCUT2D eigenvalue weighted by atomic mass is 9.93. The third-order valence-electron chi connectivity index (χ3n) is 7.04. The Hall–Kier alpha value is -4.68. The first kappa shape index (κ1) is 31.3. The van der Waals surface area contributed by atoms with E-state index in [2.05, 4.69) is 80.7 Å². The van der Waals surface area contributed by atoms with Crippen LogP contribution in [0.1, 0.15) is 30.5 Å². The zero-order valence-corrected chi connectivity index (χ0v) is 25.1. The van der Waals surface area contributed by atoms with Crippen molar-refractivity contribution in [3.63, 3.8) is 0 Å². The summed E-state index contributed by atoms with van der Waals surface area (Å²) in [5.41, 5.74) is 7.79. The number of ether oxygens (including phenoxy) is 3. The van der Waals surface area contributed by atoms with Crippen molar-refractivity contribution in [3.8, 4) is 28.0 Å². The molecule has 0 bridgehead atoms. The summed E-state index contributed by atoms with van der Waals surface area (Å²) in [6.07, 6.45) is 0.777. The molecule has 0 amide bonds. The summed E-state index contributed by atoms with van der Waals surface area (Å²) in [6.45, 7) is 12.8. The average molecular weight is 579 g/mol. The Bertz CT molecular complexity index is 1600. The van der Waals surface area contributed by atoms with Crippen molar-refractivity contribution >= 4 is 22.7 Å². The Labute approximate surface area is 253 Å². The minimum Gasteiger partial charge on any atom is -0.491 e. The van der Waals surface area contributed by atoms with Crippen LogP contribution in [0.3, 0.4) is 0 Å². The minimum absolute atomic E-state index is 0.0930. The standard InChI is InChI=1S/C37H38O6/c1-24(2)36(39)42-17-14-32-22-34(23-33(35(32)41-19-16-38)15-18-43-37(40)25(3)4)31-13-12-29-20-28(10-11-30(29)21-31)27-8-6-26(5)7-9-27/h6-13,20-23,38H,1,3,14-19H2,2,4-5H3. The average Bonchev–Trinajstić information content (AvgIpc) is 3.00. The van der Waals surface area contributed by atoms with Gasteiger partial charge in [0.05, 0.1) is 19.8 Å². The van der Waals surface area contributed by atoms with Gasteiger partial charge < -0.3 is 19.3 Å². The molecule has 0 atom stereocenters. The molecule has 0 radical (unpaired) electrons. The number of esters is 2. The smallest absolute Gasteiger partial charge is 0.333 e. The van der Waals surface area contributed by atoms with Crippen LogP contribution in [0.5, 0.6) is 5.75 Å². The van der Waals surface area contributed by atoms with Crippen molar-refractivity contribution in [1.29, 1.82) is 0 Å². The first-order valence-electron chi connectivity index (χ1n) is 14.3. The summed E-state index contributed by atoms with van der Waals surface area (Å²) in [6, 6.07) is 25.3. The van der Waals surface area contributed by atoms with E-state index in [1.54, 1.807) is 13.8 Å². The highest BCUT2D eigenvalue weighted by Crippen LogP contribution is 2.34. The lowest BCUT2D eigenvalue weighted by molar-refractivity contribution is -0.139. The van der Waals surface area contributed by atoms with Gasteiger partial charge in [-0.2, -0.15) is 0 Å². The van der Waals surface area contributed by atoms with E-state index >= 15 is 0 Å². The van der Waals surface area contributed by atoms with Crippen molar-refractivity contribution in [2.24, 2.45) is 0 Å². The van der Waals surface area contributed by atoms with Gasteiger partial charge >= 0.3 is 11.9 Å². The molecule has 4 rings (SSSR count). The maximum absolute atomic E-state index is 12.0. The molecule has 0 aliphatic rings. The highest BCUT2D eigenvalue weighted by Gasteiger charge is 2.16. The van der Waals surface area contributed by atoms with Gasteiger partial charge in [-0.3, -0.25) is 0 Å². The maximum atomic E-state index is 12.0. The monoisotopic (exact) mass is 578 g/mol.